The molecule has 33 heavy (non-hydrogen) atoms. The van der Waals surface area contributed by atoms with Crippen LogP contribution in [0.1, 0.15) is 18.1 Å². The lowest BCUT2D eigenvalue weighted by molar-refractivity contribution is -0.121. The van der Waals surface area contributed by atoms with Crippen LogP contribution in [0.15, 0.2) is 80.6 Å². The van der Waals surface area contributed by atoms with Crippen molar-refractivity contribution in [3.63, 3.8) is 0 Å². The van der Waals surface area contributed by atoms with Gasteiger partial charge in [0.2, 0.25) is 15.9 Å². The van der Waals surface area contributed by atoms with Crippen molar-refractivity contribution in [1.29, 1.82) is 0 Å². The Morgan fingerprint density at radius 3 is 2.30 bits per heavy atom. The fourth-order valence-electron chi connectivity index (χ4n) is 3.10. The van der Waals surface area contributed by atoms with E-state index in [-0.39, 0.29) is 23.8 Å². The highest BCUT2D eigenvalue weighted by atomic mass is 35.5. The molecule has 4 aromatic rings. The Kier molecular flexibility index (Phi) is 6.64. The van der Waals surface area contributed by atoms with E-state index in [1.165, 1.54) is 12.1 Å². The molecule has 0 aliphatic heterocycles. The summed E-state index contributed by atoms with van der Waals surface area (Å²) in [5.74, 6) is 2.03. The number of amides is 1. The zero-order valence-electron chi connectivity index (χ0n) is 17.3. The van der Waals surface area contributed by atoms with Gasteiger partial charge < -0.3 is 14.2 Å². The number of nitrogens with one attached hydrogen (secondary N) is 1. The van der Waals surface area contributed by atoms with Gasteiger partial charge >= 0.3 is 0 Å². The van der Waals surface area contributed by atoms with Crippen LogP contribution in [0.5, 0.6) is 0 Å². The van der Waals surface area contributed by atoms with Gasteiger partial charge in [-0.1, -0.05) is 11.6 Å². The van der Waals surface area contributed by atoms with Crippen molar-refractivity contribution in [2.24, 2.45) is 5.14 Å². The summed E-state index contributed by atoms with van der Waals surface area (Å²) in [6.45, 7) is 0.218. The Bertz CT molecular complexity index is 1360. The molecule has 0 spiro atoms. The zero-order valence-corrected chi connectivity index (χ0v) is 18.9. The highest BCUT2D eigenvalue weighted by Crippen LogP contribution is 2.24. The van der Waals surface area contributed by atoms with Crippen molar-refractivity contribution in [2.75, 3.05) is 0 Å². The van der Waals surface area contributed by atoms with Gasteiger partial charge in [0.1, 0.15) is 11.5 Å². The molecule has 0 fully saturated rings. The maximum atomic E-state index is 12.2. The normalized spacial score (nSPS) is 11.5. The Morgan fingerprint density at radius 1 is 0.939 bits per heavy atom. The van der Waals surface area contributed by atoms with E-state index >= 15 is 0 Å². The number of hydrogen-bond acceptors (Lipinski definition) is 6. The van der Waals surface area contributed by atoms with Gasteiger partial charge in [-0.2, -0.15) is 0 Å². The van der Waals surface area contributed by atoms with Gasteiger partial charge in [-0.05, 0) is 60.7 Å². The van der Waals surface area contributed by atoms with Crippen molar-refractivity contribution in [1.82, 2.24) is 10.3 Å². The molecule has 2 aromatic heterocycles. The summed E-state index contributed by atoms with van der Waals surface area (Å²) in [4.78, 5) is 16.5. The molecule has 0 saturated heterocycles. The Hall–Kier alpha value is -3.40. The number of primary sulfonamides is 1. The summed E-state index contributed by atoms with van der Waals surface area (Å²) >= 11 is 5.89. The number of carbonyl (C=O) groups is 1. The first-order valence-corrected chi connectivity index (χ1v) is 11.9. The number of halogens is 1. The molecule has 2 heterocycles. The lowest BCUT2D eigenvalue weighted by atomic mass is 10.2. The predicted octanol–water partition coefficient (Wildman–Crippen LogP) is 4.15. The molecular weight excluding hydrogens is 466 g/mol. The molecule has 0 bridgehead atoms. The fraction of sp³-hybridized carbons (Fsp3) is 0.130. The van der Waals surface area contributed by atoms with Crippen LogP contribution in [0.25, 0.3) is 22.6 Å². The molecular formula is C23H20ClN3O5S. The molecule has 0 atom stereocenters. The molecule has 1 amide bonds. The first-order valence-electron chi connectivity index (χ1n) is 9.97. The average molecular weight is 486 g/mol. The monoisotopic (exact) mass is 485 g/mol. The van der Waals surface area contributed by atoms with Crippen molar-refractivity contribution in [3.05, 3.63) is 83.5 Å². The Morgan fingerprint density at radius 2 is 1.61 bits per heavy atom. The van der Waals surface area contributed by atoms with Crippen molar-refractivity contribution >= 4 is 27.5 Å². The van der Waals surface area contributed by atoms with Crippen LogP contribution in [0.2, 0.25) is 5.02 Å². The molecule has 4 rings (SSSR count). The second-order valence-electron chi connectivity index (χ2n) is 7.24. The minimum Gasteiger partial charge on any atom is -0.459 e. The number of nitrogens with zero attached hydrogens (tertiary/aromatic N) is 1. The third-order valence-corrected chi connectivity index (χ3v) is 6.02. The van der Waals surface area contributed by atoms with Crippen molar-refractivity contribution in [2.45, 2.75) is 24.3 Å². The van der Waals surface area contributed by atoms with Crippen LogP contribution < -0.4 is 10.5 Å². The van der Waals surface area contributed by atoms with E-state index in [0.29, 0.717) is 40.2 Å². The van der Waals surface area contributed by atoms with E-state index in [9.17, 15) is 13.2 Å². The number of benzene rings is 2. The quantitative estimate of drug-likeness (QED) is 0.385. The van der Waals surface area contributed by atoms with Gasteiger partial charge in [0, 0.05) is 29.0 Å². The fourth-order valence-corrected chi connectivity index (χ4v) is 3.75. The van der Waals surface area contributed by atoms with Gasteiger partial charge in [0.25, 0.3) is 0 Å². The summed E-state index contributed by atoms with van der Waals surface area (Å²) < 4.78 is 34.1. The smallest absolute Gasteiger partial charge is 0.238 e. The summed E-state index contributed by atoms with van der Waals surface area (Å²) in [6.07, 6.45) is 2.19. The summed E-state index contributed by atoms with van der Waals surface area (Å²) in [7, 11) is -3.75. The standard InChI is InChI=1S/C23H20ClN3O5S/c24-17-5-1-16(2-6-17)21-14-27-23(32-21)12-11-22(28)26-13-18-7-10-20(31-18)15-3-8-19(9-4-15)33(25,29)30/h1-10,14H,11-13H2,(H,26,28)(H2,25,29,30). The molecule has 10 heteroatoms. The topological polar surface area (TPSA) is 128 Å². The van der Waals surface area contributed by atoms with Crippen LogP contribution >= 0.6 is 11.6 Å². The minimum atomic E-state index is -3.75. The lowest BCUT2D eigenvalue weighted by Gasteiger charge is -2.03. The van der Waals surface area contributed by atoms with E-state index in [1.807, 2.05) is 12.1 Å². The summed E-state index contributed by atoms with van der Waals surface area (Å²) in [6, 6.07) is 16.7. The van der Waals surface area contributed by atoms with Gasteiger partial charge in [-0.3, -0.25) is 4.79 Å². The molecule has 0 radical (unpaired) electrons. The number of aryl methyl sites for hydroxylation is 1. The molecule has 2 aromatic carbocycles. The molecule has 0 saturated carbocycles. The summed E-state index contributed by atoms with van der Waals surface area (Å²) in [5.41, 5.74) is 1.55. The Balaban J connectivity index is 1.28. The van der Waals surface area contributed by atoms with E-state index < -0.39 is 10.0 Å². The zero-order chi connectivity index (χ0) is 23.4. The molecule has 0 unspecified atom stereocenters. The van der Waals surface area contributed by atoms with Crippen LogP contribution in [-0.2, 0) is 27.8 Å². The second-order valence-corrected chi connectivity index (χ2v) is 9.24. The van der Waals surface area contributed by atoms with Crippen molar-refractivity contribution < 1.29 is 22.0 Å². The lowest BCUT2D eigenvalue weighted by Crippen LogP contribution is -2.22. The van der Waals surface area contributed by atoms with Gasteiger partial charge in [-0.15, -0.1) is 0 Å². The minimum absolute atomic E-state index is 0.0247. The van der Waals surface area contributed by atoms with E-state index in [1.54, 1.807) is 42.6 Å². The number of oxazole rings is 1. The number of furan rings is 1. The van der Waals surface area contributed by atoms with Gasteiger partial charge in [0.15, 0.2) is 11.7 Å². The number of rotatable bonds is 8. The third-order valence-electron chi connectivity index (χ3n) is 4.84. The van der Waals surface area contributed by atoms with E-state index in [4.69, 9.17) is 25.6 Å². The molecule has 3 N–H and O–H groups in total. The molecule has 0 aliphatic rings. The maximum Gasteiger partial charge on any atom is 0.238 e. The number of hydrogen-bond donors (Lipinski definition) is 2. The number of aromatic nitrogens is 1. The van der Waals surface area contributed by atoms with Crippen LogP contribution in [-0.4, -0.2) is 19.3 Å². The maximum absolute atomic E-state index is 12.2. The molecule has 170 valence electrons. The summed E-state index contributed by atoms with van der Waals surface area (Å²) in [5, 5.41) is 8.54. The van der Waals surface area contributed by atoms with Crippen LogP contribution in [0, 0.1) is 0 Å². The highest BCUT2D eigenvalue weighted by molar-refractivity contribution is 7.89. The van der Waals surface area contributed by atoms with Gasteiger partial charge in [-0.25, -0.2) is 18.5 Å². The van der Waals surface area contributed by atoms with Crippen molar-refractivity contribution in [3.8, 4) is 22.6 Å². The molecule has 8 nitrogen and oxygen atoms in total. The van der Waals surface area contributed by atoms with E-state index in [0.717, 1.165) is 5.56 Å². The van der Waals surface area contributed by atoms with Gasteiger partial charge in [0.05, 0.1) is 17.6 Å². The van der Waals surface area contributed by atoms with Crippen LogP contribution in [0.4, 0.5) is 0 Å². The number of sulfonamides is 1. The number of nitrogens with two attached hydrogens (primary N) is 1. The van der Waals surface area contributed by atoms with E-state index in [2.05, 4.69) is 10.3 Å². The van der Waals surface area contributed by atoms with Crippen LogP contribution in [0.3, 0.4) is 0 Å². The SMILES string of the molecule is NS(=O)(=O)c1ccc(-c2ccc(CNC(=O)CCc3ncc(-c4ccc(Cl)cc4)o3)o2)cc1. The Labute approximate surface area is 195 Å². The predicted molar refractivity (Wildman–Crippen MR) is 123 cm³/mol. The average Bonchev–Trinajstić information content (AvgIpc) is 3.46. The largest absolute Gasteiger partial charge is 0.459 e. The molecule has 0 aliphatic carbocycles. The highest BCUT2D eigenvalue weighted by Gasteiger charge is 2.12. The first-order chi connectivity index (χ1) is 15.8. The first kappa shape index (κ1) is 22.8. The number of carbonyl (C=O) groups excluding carboxylic acids is 1. The third kappa shape index (κ3) is 5.89. The second kappa shape index (κ2) is 9.62.